The average Bonchev–Trinajstić information content (AvgIpc) is 2.32. The molecular weight excluding hydrogens is 248 g/mol. The Morgan fingerprint density at radius 1 is 1.20 bits per heavy atom. The van der Waals surface area contributed by atoms with Crippen molar-refractivity contribution in [2.45, 2.75) is 60.5 Å². The van der Waals surface area contributed by atoms with Crippen molar-refractivity contribution < 1.29 is 4.74 Å². The Balaban J connectivity index is 2.86. The molecule has 114 valence electrons. The molecule has 0 saturated carbocycles. The highest BCUT2D eigenvalue weighted by atomic mass is 16.5. The summed E-state index contributed by atoms with van der Waals surface area (Å²) in [5, 5.41) is 3.70. The second-order valence-electron chi connectivity index (χ2n) is 5.98. The van der Waals surface area contributed by atoms with Crippen molar-refractivity contribution in [3.63, 3.8) is 0 Å². The quantitative estimate of drug-likeness (QED) is 0.825. The second kappa shape index (κ2) is 7.75. The largest absolute Gasteiger partial charge is 0.380 e. The highest BCUT2D eigenvalue weighted by Crippen LogP contribution is 2.22. The molecule has 0 amide bonds. The van der Waals surface area contributed by atoms with E-state index in [1.165, 1.54) is 11.1 Å². The number of aryl methyl sites for hydroxylation is 3. The summed E-state index contributed by atoms with van der Waals surface area (Å²) in [6.07, 6.45) is 0. The third-order valence-corrected chi connectivity index (χ3v) is 3.79. The van der Waals surface area contributed by atoms with Crippen LogP contribution < -0.4 is 5.32 Å². The molecular formula is C17H30N2O. The van der Waals surface area contributed by atoms with Crippen LogP contribution >= 0.6 is 0 Å². The topological polar surface area (TPSA) is 34.1 Å². The van der Waals surface area contributed by atoms with Crippen LogP contribution in [0.15, 0.2) is 6.07 Å². The SMILES string of the molecule is CCOCC(NC(C)c1c(C)cc(C)nc1C)C(C)C. The molecule has 0 radical (unpaired) electrons. The molecule has 0 aliphatic rings. The summed E-state index contributed by atoms with van der Waals surface area (Å²) in [5.74, 6) is 0.544. The molecule has 0 saturated heterocycles. The van der Waals surface area contributed by atoms with Gasteiger partial charge in [-0.05, 0) is 57.7 Å². The minimum absolute atomic E-state index is 0.288. The number of pyridine rings is 1. The number of ether oxygens (including phenoxy) is 1. The monoisotopic (exact) mass is 278 g/mol. The smallest absolute Gasteiger partial charge is 0.0622 e. The van der Waals surface area contributed by atoms with Crippen LogP contribution in [0.1, 0.15) is 56.3 Å². The number of hydrogen-bond acceptors (Lipinski definition) is 3. The van der Waals surface area contributed by atoms with E-state index in [9.17, 15) is 0 Å². The third-order valence-electron chi connectivity index (χ3n) is 3.79. The van der Waals surface area contributed by atoms with Gasteiger partial charge in [0.15, 0.2) is 0 Å². The maximum atomic E-state index is 5.60. The highest BCUT2D eigenvalue weighted by molar-refractivity contribution is 5.33. The van der Waals surface area contributed by atoms with E-state index < -0.39 is 0 Å². The van der Waals surface area contributed by atoms with Crippen molar-refractivity contribution in [1.29, 1.82) is 0 Å². The molecule has 0 bridgehead atoms. The first-order valence-corrected chi connectivity index (χ1v) is 7.65. The van der Waals surface area contributed by atoms with E-state index >= 15 is 0 Å². The van der Waals surface area contributed by atoms with Crippen LogP contribution in [0.3, 0.4) is 0 Å². The maximum absolute atomic E-state index is 5.60. The zero-order valence-corrected chi connectivity index (χ0v) is 14.1. The van der Waals surface area contributed by atoms with Crippen LogP contribution in [0, 0.1) is 26.7 Å². The molecule has 3 nitrogen and oxygen atoms in total. The Morgan fingerprint density at radius 3 is 2.35 bits per heavy atom. The van der Waals surface area contributed by atoms with E-state index in [1.54, 1.807) is 0 Å². The van der Waals surface area contributed by atoms with Crippen LogP contribution in [-0.2, 0) is 4.74 Å². The van der Waals surface area contributed by atoms with Gasteiger partial charge in [0.2, 0.25) is 0 Å². The zero-order valence-electron chi connectivity index (χ0n) is 14.1. The Bertz CT molecular complexity index is 406. The molecule has 0 aromatic carbocycles. The van der Waals surface area contributed by atoms with Crippen LogP contribution in [-0.4, -0.2) is 24.2 Å². The molecule has 3 heteroatoms. The summed E-state index contributed by atoms with van der Waals surface area (Å²) >= 11 is 0. The maximum Gasteiger partial charge on any atom is 0.0622 e. The molecule has 0 fully saturated rings. The van der Waals surface area contributed by atoms with Gasteiger partial charge < -0.3 is 10.1 Å². The van der Waals surface area contributed by atoms with Gasteiger partial charge in [0.05, 0.1) is 6.61 Å². The lowest BCUT2D eigenvalue weighted by Crippen LogP contribution is -2.40. The summed E-state index contributed by atoms with van der Waals surface area (Å²) in [5.41, 5.74) is 4.85. The van der Waals surface area contributed by atoms with Gasteiger partial charge in [0, 0.05) is 30.1 Å². The van der Waals surface area contributed by atoms with Crippen molar-refractivity contribution in [2.75, 3.05) is 13.2 Å². The van der Waals surface area contributed by atoms with E-state index in [-0.39, 0.29) is 6.04 Å². The number of rotatable bonds is 7. The number of aromatic nitrogens is 1. The molecule has 1 aromatic rings. The molecule has 0 aliphatic heterocycles. The molecule has 1 N–H and O–H groups in total. The van der Waals surface area contributed by atoms with Gasteiger partial charge in [-0.1, -0.05) is 13.8 Å². The van der Waals surface area contributed by atoms with Crippen molar-refractivity contribution >= 4 is 0 Å². The van der Waals surface area contributed by atoms with Crippen LogP contribution in [0.25, 0.3) is 0 Å². The minimum Gasteiger partial charge on any atom is -0.380 e. The molecule has 1 heterocycles. The fourth-order valence-electron chi connectivity index (χ4n) is 2.77. The van der Waals surface area contributed by atoms with Gasteiger partial charge >= 0.3 is 0 Å². The predicted molar refractivity (Wildman–Crippen MR) is 85.1 cm³/mol. The van der Waals surface area contributed by atoms with E-state index in [2.05, 4.69) is 51.0 Å². The predicted octanol–water partition coefficient (Wildman–Crippen LogP) is 3.72. The fraction of sp³-hybridized carbons (Fsp3) is 0.706. The Morgan fingerprint density at radius 2 is 1.85 bits per heavy atom. The van der Waals surface area contributed by atoms with Crippen LogP contribution in [0.5, 0.6) is 0 Å². The summed E-state index contributed by atoms with van der Waals surface area (Å²) < 4.78 is 5.60. The van der Waals surface area contributed by atoms with Gasteiger partial charge in [-0.25, -0.2) is 0 Å². The summed E-state index contributed by atoms with van der Waals surface area (Å²) in [6, 6.07) is 2.81. The van der Waals surface area contributed by atoms with Crippen molar-refractivity contribution in [2.24, 2.45) is 5.92 Å². The Labute approximate surface area is 124 Å². The second-order valence-corrected chi connectivity index (χ2v) is 5.98. The lowest BCUT2D eigenvalue weighted by atomic mass is 9.97. The lowest BCUT2D eigenvalue weighted by Gasteiger charge is -2.28. The first-order valence-electron chi connectivity index (χ1n) is 7.65. The summed E-state index contributed by atoms with van der Waals surface area (Å²) in [7, 11) is 0. The Hall–Kier alpha value is -0.930. The van der Waals surface area contributed by atoms with Gasteiger partial charge in [-0.3, -0.25) is 4.98 Å². The molecule has 20 heavy (non-hydrogen) atoms. The van der Waals surface area contributed by atoms with Crippen molar-refractivity contribution in [3.05, 3.63) is 28.6 Å². The number of nitrogens with one attached hydrogen (secondary N) is 1. The Kier molecular flexibility index (Phi) is 6.63. The van der Waals surface area contributed by atoms with E-state index in [1.807, 2.05) is 13.8 Å². The molecule has 1 rings (SSSR count). The normalized spacial score (nSPS) is 14.6. The molecule has 0 spiro atoms. The van der Waals surface area contributed by atoms with E-state index in [0.29, 0.717) is 12.0 Å². The standard InChI is InChI=1S/C17H30N2O/c1-8-20-10-16(11(2)3)19-15(7)17-12(4)9-13(5)18-14(17)6/h9,11,15-16,19H,8,10H2,1-7H3. The lowest BCUT2D eigenvalue weighted by molar-refractivity contribution is 0.104. The molecule has 1 aromatic heterocycles. The number of hydrogen-bond donors (Lipinski definition) is 1. The summed E-state index contributed by atoms with van der Waals surface area (Å²) in [4.78, 5) is 4.60. The highest BCUT2D eigenvalue weighted by Gasteiger charge is 2.19. The van der Waals surface area contributed by atoms with Crippen molar-refractivity contribution in [1.82, 2.24) is 10.3 Å². The van der Waals surface area contributed by atoms with Crippen LogP contribution in [0.2, 0.25) is 0 Å². The van der Waals surface area contributed by atoms with Crippen LogP contribution in [0.4, 0.5) is 0 Å². The number of nitrogens with zero attached hydrogens (tertiary/aromatic N) is 1. The summed E-state index contributed by atoms with van der Waals surface area (Å²) in [6.45, 7) is 16.6. The van der Waals surface area contributed by atoms with Gasteiger partial charge in [0.25, 0.3) is 0 Å². The first kappa shape index (κ1) is 17.1. The molecule has 2 atom stereocenters. The molecule has 0 aliphatic carbocycles. The average molecular weight is 278 g/mol. The van der Waals surface area contributed by atoms with Gasteiger partial charge in [-0.15, -0.1) is 0 Å². The van der Waals surface area contributed by atoms with Gasteiger partial charge in [-0.2, -0.15) is 0 Å². The van der Waals surface area contributed by atoms with E-state index in [0.717, 1.165) is 24.6 Å². The molecule has 2 unspecified atom stereocenters. The van der Waals surface area contributed by atoms with Crippen molar-refractivity contribution in [3.8, 4) is 0 Å². The zero-order chi connectivity index (χ0) is 15.3. The van der Waals surface area contributed by atoms with E-state index in [4.69, 9.17) is 4.74 Å². The first-order chi connectivity index (χ1) is 9.36. The fourth-order valence-corrected chi connectivity index (χ4v) is 2.77. The van der Waals surface area contributed by atoms with Gasteiger partial charge in [0.1, 0.15) is 0 Å². The third kappa shape index (κ3) is 4.57. The minimum atomic E-state index is 0.288.